The quantitative estimate of drug-likeness (QED) is 0.846. The second kappa shape index (κ2) is 4.70. The Bertz CT molecular complexity index is 468. The van der Waals surface area contributed by atoms with Gasteiger partial charge < -0.3 is 5.32 Å². The molecule has 1 N–H and O–H groups in total. The fourth-order valence-electron chi connectivity index (χ4n) is 1.47. The topological polar surface area (TPSA) is 50.7 Å². The SMILES string of the molecule is CNc1ncc(C)c(Cc2ccncc2)n1. The van der Waals surface area contributed by atoms with Gasteiger partial charge in [0.15, 0.2) is 0 Å². The predicted molar refractivity (Wildman–Crippen MR) is 63.4 cm³/mol. The molecule has 4 heteroatoms. The predicted octanol–water partition coefficient (Wildman–Crippen LogP) is 1.81. The molecule has 82 valence electrons. The van der Waals surface area contributed by atoms with E-state index in [1.54, 1.807) is 12.4 Å². The molecule has 0 amide bonds. The smallest absolute Gasteiger partial charge is 0.222 e. The highest BCUT2D eigenvalue weighted by Gasteiger charge is 2.03. The Kier molecular flexibility index (Phi) is 3.10. The zero-order chi connectivity index (χ0) is 11.4. The van der Waals surface area contributed by atoms with Crippen molar-refractivity contribution in [3.8, 4) is 0 Å². The standard InChI is InChI=1S/C12H14N4/c1-9-8-15-12(13-2)16-11(9)7-10-3-5-14-6-4-10/h3-6,8H,7H2,1-2H3,(H,13,15,16). The lowest BCUT2D eigenvalue weighted by Gasteiger charge is -2.06. The van der Waals surface area contributed by atoms with Gasteiger partial charge in [-0.1, -0.05) is 0 Å². The normalized spacial score (nSPS) is 10.1. The van der Waals surface area contributed by atoms with Crippen LogP contribution >= 0.6 is 0 Å². The first-order chi connectivity index (χ1) is 7.79. The maximum Gasteiger partial charge on any atom is 0.222 e. The summed E-state index contributed by atoms with van der Waals surface area (Å²) in [7, 11) is 1.82. The Balaban J connectivity index is 2.27. The van der Waals surface area contributed by atoms with E-state index in [0.717, 1.165) is 17.7 Å². The molecule has 4 nitrogen and oxygen atoms in total. The zero-order valence-corrected chi connectivity index (χ0v) is 9.44. The van der Waals surface area contributed by atoms with E-state index in [4.69, 9.17) is 0 Å². The summed E-state index contributed by atoms with van der Waals surface area (Å²) in [4.78, 5) is 12.6. The van der Waals surface area contributed by atoms with Crippen molar-refractivity contribution < 1.29 is 0 Å². The number of pyridine rings is 1. The summed E-state index contributed by atoms with van der Waals surface area (Å²) in [6.07, 6.45) is 6.25. The molecule has 0 atom stereocenters. The van der Waals surface area contributed by atoms with Gasteiger partial charge in [0.2, 0.25) is 5.95 Å². The van der Waals surface area contributed by atoms with Crippen molar-refractivity contribution in [2.24, 2.45) is 0 Å². The molecule has 2 rings (SSSR count). The summed E-state index contributed by atoms with van der Waals surface area (Å²) in [5, 5.41) is 2.95. The molecule has 16 heavy (non-hydrogen) atoms. The minimum atomic E-state index is 0.662. The van der Waals surface area contributed by atoms with Crippen LogP contribution in [0.4, 0.5) is 5.95 Å². The van der Waals surface area contributed by atoms with Crippen LogP contribution < -0.4 is 5.32 Å². The van der Waals surface area contributed by atoms with Gasteiger partial charge in [0.25, 0.3) is 0 Å². The van der Waals surface area contributed by atoms with Gasteiger partial charge in [0, 0.05) is 32.1 Å². The molecule has 0 unspecified atom stereocenters. The Labute approximate surface area is 94.8 Å². The largest absolute Gasteiger partial charge is 0.357 e. The van der Waals surface area contributed by atoms with Crippen molar-refractivity contribution in [3.05, 3.63) is 47.5 Å². The molecule has 0 aliphatic carbocycles. The lowest BCUT2D eigenvalue weighted by Crippen LogP contribution is -2.02. The molecule has 0 saturated carbocycles. The monoisotopic (exact) mass is 214 g/mol. The Morgan fingerprint density at radius 3 is 2.69 bits per heavy atom. The van der Waals surface area contributed by atoms with E-state index in [1.165, 1.54) is 5.56 Å². The third kappa shape index (κ3) is 2.34. The number of nitrogens with one attached hydrogen (secondary N) is 1. The molecule has 0 aliphatic rings. The summed E-state index contributed by atoms with van der Waals surface area (Å²) in [5.74, 6) is 0.662. The molecule has 0 radical (unpaired) electrons. The first-order valence-corrected chi connectivity index (χ1v) is 5.19. The fraction of sp³-hybridized carbons (Fsp3) is 0.250. The maximum absolute atomic E-state index is 4.44. The fourth-order valence-corrected chi connectivity index (χ4v) is 1.47. The highest BCUT2D eigenvalue weighted by Crippen LogP contribution is 2.11. The number of hydrogen-bond acceptors (Lipinski definition) is 4. The van der Waals surface area contributed by atoms with Gasteiger partial charge in [-0.3, -0.25) is 4.98 Å². The third-order valence-corrected chi connectivity index (χ3v) is 2.42. The van der Waals surface area contributed by atoms with E-state index in [1.807, 2.05) is 32.3 Å². The molecular formula is C12H14N4. The highest BCUT2D eigenvalue weighted by atomic mass is 15.1. The van der Waals surface area contributed by atoms with E-state index in [9.17, 15) is 0 Å². The van der Waals surface area contributed by atoms with Crippen LogP contribution in [0.1, 0.15) is 16.8 Å². The van der Waals surface area contributed by atoms with Gasteiger partial charge in [-0.15, -0.1) is 0 Å². The van der Waals surface area contributed by atoms with E-state index < -0.39 is 0 Å². The van der Waals surface area contributed by atoms with E-state index in [-0.39, 0.29) is 0 Å². The van der Waals surface area contributed by atoms with Crippen molar-refractivity contribution in [1.29, 1.82) is 0 Å². The van der Waals surface area contributed by atoms with E-state index in [2.05, 4.69) is 20.3 Å². The lowest BCUT2D eigenvalue weighted by atomic mass is 10.1. The van der Waals surface area contributed by atoms with Crippen LogP contribution in [-0.2, 0) is 6.42 Å². The number of anilines is 1. The summed E-state index contributed by atoms with van der Waals surface area (Å²) < 4.78 is 0. The molecule has 0 saturated heterocycles. The van der Waals surface area contributed by atoms with Gasteiger partial charge in [0.1, 0.15) is 0 Å². The van der Waals surface area contributed by atoms with E-state index in [0.29, 0.717) is 5.95 Å². The minimum Gasteiger partial charge on any atom is -0.357 e. The first-order valence-electron chi connectivity index (χ1n) is 5.19. The second-order valence-electron chi connectivity index (χ2n) is 3.61. The van der Waals surface area contributed by atoms with Crippen molar-refractivity contribution in [2.75, 3.05) is 12.4 Å². The van der Waals surface area contributed by atoms with Crippen LogP contribution in [0, 0.1) is 6.92 Å². The first kappa shape index (κ1) is 10.5. The van der Waals surface area contributed by atoms with Crippen LogP contribution in [0.25, 0.3) is 0 Å². The zero-order valence-electron chi connectivity index (χ0n) is 9.44. The van der Waals surface area contributed by atoms with Crippen LogP contribution in [0.2, 0.25) is 0 Å². The molecule has 0 aromatic carbocycles. The number of aromatic nitrogens is 3. The Morgan fingerprint density at radius 1 is 1.25 bits per heavy atom. The molecule has 0 bridgehead atoms. The van der Waals surface area contributed by atoms with Gasteiger partial charge >= 0.3 is 0 Å². The number of nitrogens with zero attached hydrogens (tertiary/aromatic N) is 3. The molecule has 2 aromatic rings. The average Bonchev–Trinajstić information content (AvgIpc) is 2.33. The maximum atomic E-state index is 4.44. The van der Waals surface area contributed by atoms with Gasteiger partial charge in [0.05, 0.1) is 5.69 Å². The van der Waals surface area contributed by atoms with Crippen molar-refractivity contribution >= 4 is 5.95 Å². The van der Waals surface area contributed by atoms with Crippen molar-refractivity contribution in [3.63, 3.8) is 0 Å². The van der Waals surface area contributed by atoms with Crippen LogP contribution in [0.5, 0.6) is 0 Å². The minimum absolute atomic E-state index is 0.662. The van der Waals surface area contributed by atoms with Gasteiger partial charge in [-0.2, -0.15) is 0 Å². The lowest BCUT2D eigenvalue weighted by molar-refractivity contribution is 0.993. The second-order valence-corrected chi connectivity index (χ2v) is 3.61. The van der Waals surface area contributed by atoms with Gasteiger partial charge in [-0.25, -0.2) is 9.97 Å². The van der Waals surface area contributed by atoms with Crippen molar-refractivity contribution in [2.45, 2.75) is 13.3 Å². The Morgan fingerprint density at radius 2 is 2.00 bits per heavy atom. The average molecular weight is 214 g/mol. The molecule has 2 aromatic heterocycles. The van der Waals surface area contributed by atoms with Crippen LogP contribution in [0.3, 0.4) is 0 Å². The molecule has 0 spiro atoms. The Hall–Kier alpha value is -1.97. The van der Waals surface area contributed by atoms with Crippen LogP contribution in [0.15, 0.2) is 30.7 Å². The number of rotatable bonds is 3. The number of hydrogen-bond donors (Lipinski definition) is 1. The molecule has 2 heterocycles. The van der Waals surface area contributed by atoms with Crippen LogP contribution in [-0.4, -0.2) is 22.0 Å². The molecule has 0 aliphatic heterocycles. The number of aryl methyl sites for hydroxylation is 1. The van der Waals surface area contributed by atoms with Gasteiger partial charge in [-0.05, 0) is 30.2 Å². The van der Waals surface area contributed by atoms with E-state index >= 15 is 0 Å². The van der Waals surface area contributed by atoms with Crippen molar-refractivity contribution in [1.82, 2.24) is 15.0 Å². The summed E-state index contributed by atoms with van der Waals surface area (Å²) in [5.41, 5.74) is 3.36. The molecular weight excluding hydrogens is 200 g/mol. The molecule has 0 fully saturated rings. The highest BCUT2D eigenvalue weighted by molar-refractivity contribution is 5.31. The summed E-state index contributed by atoms with van der Waals surface area (Å²) in [6.45, 7) is 2.02. The summed E-state index contributed by atoms with van der Waals surface area (Å²) >= 11 is 0. The summed E-state index contributed by atoms with van der Waals surface area (Å²) in [6, 6.07) is 4.00. The third-order valence-electron chi connectivity index (χ3n) is 2.42.